The van der Waals surface area contributed by atoms with Crippen molar-refractivity contribution in [1.29, 1.82) is 0 Å². The molecule has 0 saturated carbocycles. The molecule has 1 aliphatic heterocycles. The van der Waals surface area contributed by atoms with Crippen LogP contribution in [0.2, 0.25) is 0 Å². The number of nitrogens with zero attached hydrogens (tertiary/aromatic N) is 3. The third-order valence-corrected chi connectivity index (χ3v) is 11.2. The number of aliphatic carboxylic acids is 3. The fourth-order valence-electron chi connectivity index (χ4n) is 7.33. The summed E-state index contributed by atoms with van der Waals surface area (Å²) in [5.74, 6) is -14.3. The second-order valence-corrected chi connectivity index (χ2v) is 18.0. The van der Waals surface area contributed by atoms with Crippen LogP contribution in [0.3, 0.4) is 0 Å². The highest BCUT2D eigenvalue weighted by molar-refractivity contribution is 5.99. The molecule has 0 bridgehead atoms. The predicted octanol–water partition coefficient (Wildman–Crippen LogP) is -1.60. The van der Waals surface area contributed by atoms with Crippen molar-refractivity contribution >= 4 is 76.9 Å². The van der Waals surface area contributed by atoms with Crippen LogP contribution < -0.4 is 37.3 Å². The highest BCUT2D eigenvalue weighted by Crippen LogP contribution is 2.22. The second kappa shape index (κ2) is 29.5. The molecule has 0 aromatic heterocycles. The molecule has 0 aliphatic carbocycles. The Morgan fingerprint density at radius 2 is 1.22 bits per heavy atom. The van der Waals surface area contributed by atoms with Crippen molar-refractivity contribution < 1.29 is 87.6 Å². The van der Waals surface area contributed by atoms with Gasteiger partial charge in [0.05, 0.1) is 23.9 Å². The highest BCUT2D eigenvalue weighted by atomic mass is 16.6. The molecular formula is C45H66N10O19. The molecule has 1 aromatic carbocycles. The normalized spacial score (nSPS) is 15.9. The highest BCUT2D eigenvalue weighted by Gasteiger charge is 2.41. The summed E-state index contributed by atoms with van der Waals surface area (Å²) in [5.41, 5.74) is 2.76. The van der Waals surface area contributed by atoms with Gasteiger partial charge in [0.1, 0.15) is 48.9 Å². The van der Waals surface area contributed by atoms with Gasteiger partial charge in [0.15, 0.2) is 0 Å². The average Bonchev–Trinajstić information content (AvgIpc) is 3.81. The van der Waals surface area contributed by atoms with Crippen molar-refractivity contribution in [2.75, 3.05) is 13.1 Å². The number of likely N-dealkylation sites (tertiary alicyclic amines) is 1. The largest absolute Gasteiger partial charge is 0.481 e. The van der Waals surface area contributed by atoms with Crippen molar-refractivity contribution in [3.8, 4) is 0 Å². The van der Waals surface area contributed by atoms with E-state index in [0.29, 0.717) is 18.4 Å². The molecule has 0 unspecified atom stereocenters. The van der Waals surface area contributed by atoms with Crippen molar-refractivity contribution in [3.05, 3.63) is 39.9 Å². The number of hydrazine groups is 1. The van der Waals surface area contributed by atoms with E-state index in [-0.39, 0.29) is 31.8 Å². The lowest BCUT2D eigenvalue weighted by molar-refractivity contribution is -0.384. The summed E-state index contributed by atoms with van der Waals surface area (Å²) in [6, 6.07) is -6.23. The second-order valence-electron chi connectivity index (χ2n) is 18.0. The number of aliphatic hydroxyl groups is 1. The number of nitro benzene ring substituents is 1. The zero-order valence-corrected chi connectivity index (χ0v) is 41.9. The first-order chi connectivity index (χ1) is 34.6. The maximum atomic E-state index is 14.2. The van der Waals surface area contributed by atoms with Crippen LogP contribution in [0, 0.1) is 22.0 Å². The number of carbonyl (C=O) groups is 12. The third-order valence-electron chi connectivity index (χ3n) is 11.2. The van der Waals surface area contributed by atoms with E-state index in [1.807, 2.05) is 0 Å². The van der Waals surface area contributed by atoms with Gasteiger partial charge >= 0.3 is 24.0 Å². The number of carboxylic acid groups (broad SMARTS) is 3. The molecular weight excluding hydrogens is 985 g/mol. The number of aliphatic hydroxyl groups excluding tert-OH is 1. The van der Waals surface area contributed by atoms with Gasteiger partial charge in [0.2, 0.25) is 41.4 Å². The summed E-state index contributed by atoms with van der Waals surface area (Å²) in [7, 11) is 0. The molecule has 11 N–H and O–H groups in total. The van der Waals surface area contributed by atoms with Crippen molar-refractivity contribution in [3.63, 3.8) is 0 Å². The van der Waals surface area contributed by atoms with Crippen molar-refractivity contribution in [2.24, 2.45) is 11.8 Å². The Morgan fingerprint density at radius 1 is 0.716 bits per heavy atom. The molecule has 1 heterocycles. The molecule has 0 radical (unpaired) electrons. The van der Waals surface area contributed by atoms with Crippen LogP contribution in [0.5, 0.6) is 0 Å². The smallest absolute Gasteiger partial charge is 0.429 e. The molecule has 1 saturated heterocycles. The van der Waals surface area contributed by atoms with E-state index >= 15 is 0 Å². The molecule has 29 nitrogen and oxygen atoms in total. The number of benzene rings is 1. The number of hydrogen-bond donors (Lipinski definition) is 11. The van der Waals surface area contributed by atoms with Gasteiger partial charge in [-0.25, -0.2) is 9.80 Å². The van der Waals surface area contributed by atoms with E-state index in [1.54, 1.807) is 20.8 Å². The maximum absolute atomic E-state index is 14.2. The number of amides is 9. The summed E-state index contributed by atoms with van der Waals surface area (Å²) in [6.45, 7) is 9.72. The van der Waals surface area contributed by atoms with Gasteiger partial charge in [-0.2, -0.15) is 0 Å². The van der Waals surface area contributed by atoms with Gasteiger partial charge in [0.25, 0.3) is 11.6 Å². The molecule has 8 atom stereocenters. The lowest BCUT2D eigenvalue weighted by atomic mass is 9.98. The first kappa shape index (κ1) is 62.1. The van der Waals surface area contributed by atoms with Gasteiger partial charge in [-0.15, -0.1) is 0 Å². The number of nitrogens with one attached hydrogen (secondary N) is 7. The maximum Gasteiger partial charge on any atom is 0.429 e. The van der Waals surface area contributed by atoms with Crippen LogP contribution in [-0.2, 0) is 64.1 Å². The minimum Gasteiger partial charge on any atom is -0.481 e. The van der Waals surface area contributed by atoms with E-state index in [0.717, 1.165) is 18.9 Å². The molecule has 1 aliphatic rings. The Morgan fingerprint density at radius 3 is 1.70 bits per heavy atom. The minimum atomic E-state index is -2.00. The van der Waals surface area contributed by atoms with E-state index in [2.05, 4.69) is 37.3 Å². The Labute approximate surface area is 424 Å². The molecule has 1 fully saturated rings. The first-order valence-corrected chi connectivity index (χ1v) is 23.5. The Kier molecular flexibility index (Phi) is 24.8. The zero-order chi connectivity index (χ0) is 56.1. The summed E-state index contributed by atoms with van der Waals surface area (Å²) in [5, 5.41) is 63.9. The number of hydrogen-bond acceptors (Lipinski definition) is 16. The fourth-order valence-corrected chi connectivity index (χ4v) is 7.33. The molecule has 2 rings (SSSR count). The van der Waals surface area contributed by atoms with E-state index in [9.17, 15) is 88.1 Å². The van der Waals surface area contributed by atoms with Crippen molar-refractivity contribution in [2.45, 2.75) is 148 Å². The summed E-state index contributed by atoms with van der Waals surface area (Å²) in [4.78, 5) is 167. The number of carbonyl (C=O) groups excluding carboxylic acids is 9. The topological polar surface area (TPSA) is 429 Å². The number of non-ortho nitro benzene ring substituents is 1. The van der Waals surface area contributed by atoms with Crippen LogP contribution in [0.15, 0.2) is 24.3 Å². The molecule has 1 aromatic rings. The van der Waals surface area contributed by atoms with Gasteiger partial charge in [-0.1, -0.05) is 34.6 Å². The van der Waals surface area contributed by atoms with E-state index < -0.39 is 162 Å². The van der Waals surface area contributed by atoms with Crippen LogP contribution >= 0.6 is 0 Å². The van der Waals surface area contributed by atoms with Crippen LogP contribution in [0.1, 0.15) is 99.0 Å². The lowest BCUT2D eigenvalue weighted by Gasteiger charge is -2.33. The van der Waals surface area contributed by atoms with E-state index in [4.69, 9.17) is 4.74 Å². The number of carboxylic acids is 3. The zero-order valence-electron chi connectivity index (χ0n) is 41.9. The van der Waals surface area contributed by atoms with E-state index in [1.165, 1.54) is 43.0 Å². The number of ether oxygens (including phenoxy) is 1. The number of rotatable bonds is 28. The minimum absolute atomic E-state index is 0.00477. The predicted molar refractivity (Wildman–Crippen MR) is 253 cm³/mol. The van der Waals surface area contributed by atoms with Crippen LogP contribution in [0.25, 0.3) is 0 Å². The summed E-state index contributed by atoms with van der Waals surface area (Å²) >= 11 is 0. The molecule has 0 spiro atoms. The summed E-state index contributed by atoms with van der Waals surface area (Å²) in [6.07, 6.45) is -5.34. The lowest BCUT2D eigenvalue weighted by Crippen LogP contribution is -2.62. The Hall–Kier alpha value is -7.98. The van der Waals surface area contributed by atoms with Crippen LogP contribution in [0.4, 0.5) is 10.5 Å². The molecule has 74 heavy (non-hydrogen) atoms. The van der Waals surface area contributed by atoms with Gasteiger partial charge in [0, 0.05) is 38.6 Å². The van der Waals surface area contributed by atoms with Crippen LogP contribution in [-0.4, -0.2) is 168 Å². The van der Waals surface area contributed by atoms with Gasteiger partial charge in [-0.05, 0) is 62.1 Å². The van der Waals surface area contributed by atoms with Gasteiger partial charge < -0.3 is 62.0 Å². The average molecular weight is 1050 g/mol. The SMILES string of the molecule is CCCN(NC(=O)[C@H]1CCCN1C(=O)[C@@H](NC(=O)[C@@H](NC(=O)[C@H](CC(=O)O)NC(=O)[C@H](CCC(=O)O)NC(=O)[C@@H](NC(=O)[C@H](CC(=O)O)NC(C)=O)[C@@H](C)O)C(C)C)C(C)C)C(=O)OCc1ccc([N+](=O)[O-])cc1. The standard InChI is InChI=1S/C45H66N10O19/c1-8-17-54(45(71)74-21-26-11-13-27(14-12-26)55(72)73)52-41(67)31-10-9-18-53(31)44(70)36(23(4)5)50-42(68)35(22(2)3)49-40(66)30(20-34(62)63)48-38(64)28(15-16-32(58)59)47-43(69)37(24(6)56)51-39(65)29(19-33(60)61)46-25(7)57/h11-14,22-24,28-31,35-37,56H,8-10,15-21H2,1-7H3,(H,46,57)(H,47,69)(H,48,64)(H,49,66)(H,50,68)(H,51,65)(H,52,67)(H,58,59)(H,60,61)(H,62,63)/t24-,28+,29+,30+,31-,35+,36+,37+/m1/s1. The quantitative estimate of drug-likeness (QED) is 0.0333. The monoisotopic (exact) mass is 1050 g/mol. The Bertz CT molecular complexity index is 2220. The molecule has 29 heteroatoms. The summed E-state index contributed by atoms with van der Waals surface area (Å²) < 4.78 is 5.32. The third kappa shape index (κ3) is 19.9. The molecule has 9 amide bonds. The first-order valence-electron chi connectivity index (χ1n) is 23.5. The van der Waals surface area contributed by atoms with Gasteiger partial charge in [-0.3, -0.25) is 68.3 Å². The molecule has 410 valence electrons. The number of nitro groups is 1. The Balaban J connectivity index is 2.28. The fraction of sp³-hybridized carbons (Fsp3) is 0.600. The van der Waals surface area contributed by atoms with Crippen molar-refractivity contribution in [1.82, 2.24) is 47.2 Å².